The smallest absolute Gasteiger partial charge is 0.133 e. The molecule has 3 nitrogen and oxygen atoms in total. The van der Waals surface area contributed by atoms with Gasteiger partial charge < -0.3 is 10.2 Å². The van der Waals surface area contributed by atoms with Crippen LogP contribution in [-0.4, -0.2) is 24.6 Å². The standard InChI is InChI=1S/C17H29N3/c1-4-17(5-2)9-12-20(13-10-17)16-15(14-18-6-3)8-7-11-19-16/h7-8,11,18H,4-6,9-10,12-14H2,1-3H3. The van der Waals surface area contributed by atoms with Crippen molar-refractivity contribution in [2.45, 2.75) is 53.0 Å². The third-order valence-electron chi connectivity index (χ3n) is 5.06. The Labute approximate surface area is 123 Å². The van der Waals surface area contributed by atoms with Gasteiger partial charge in [-0.2, -0.15) is 0 Å². The van der Waals surface area contributed by atoms with Gasteiger partial charge in [-0.15, -0.1) is 0 Å². The van der Waals surface area contributed by atoms with E-state index in [0.717, 1.165) is 26.2 Å². The molecule has 0 aromatic carbocycles. The second-order valence-electron chi connectivity index (χ2n) is 5.96. The molecule has 1 aliphatic rings. The van der Waals surface area contributed by atoms with Crippen molar-refractivity contribution in [3.63, 3.8) is 0 Å². The zero-order valence-electron chi connectivity index (χ0n) is 13.3. The molecule has 2 heterocycles. The number of hydrogen-bond donors (Lipinski definition) is 1. The molecule has 0 bridgehead atoms. The fourth-order valence-electron chi connectivity index (χ4n) is 3.26. The molecular weight excluding hydrogens is 246 g/mol. The number of anilines is 1. The molecule has 1 fully saturated rings. The molecule has 112 valence electrons. The van der Waals surface area contributed by atoms with Gasteiger partial charge >= 0.3 is 0 Å². The highest BCUT2D eigenvalue weighted by molar-refractivity contribution is 5.47. The highest BCUT2D eigenvalue weighted by Gasteiger charge is 2.32. The molecule has 0 atom stereocenters. The van der Waals surface area contributed by atoms with Crippen molar-refractivity contribution in [1.82, 2.24) is 10.3 Å². The van der Waals surface area contributed by atoms with E-state index in [0.29, 0.717) is 5.41 Å². The van der Waals surface area contributed by atoms with E-state index < -0.39 is 0 Å². The molecule has 0 unspecified atom stereocenters. The fraction of sp³-hybridized carbons (Fsp3) is 0.706. The Morgan fingerprint density at radius 3 is 2.50 bits per heavy atom. The van der Waals surface area contributed by atoms with Crippen LogP contribution in [0.2, 0.25) is 0 Å². The minimum Gasteiger partial charge on any atom is -0.356 e. The van der Waals surface area contributed by atoms with E-state index in [-0.39, 0.29) is 0 Å². The summed E-state index contributed by atoms with van der Waals surface area (Å²) in [4.78, 5) is 7.12. The molecule has 0 radical (unpaired) electrons. The molecule has 20 heavy (non-hydrogen) atoms. The molecule has 1 aromatic rings. The first-order valence-electron chi connectivity index (χ1n) is 8.14. The van der Waals surface area contributed by atoms with Crippen LogP contribution >= 0.6 is 0 Å². The quantitative estimate of drug-likeness (QED) is 0.860. The van der Waals surface area contributed by atoms with Crippen molar-refractivity contribution in [1.29, 1.82) is 0 Å². The van der Waals surface area contributed by atoms with E-state index >= 15 is 0 Å². The van der Waals surface area contributed by atoms with Crippen LogP contribution in [0.25, 0.3) is 0 Å². The topological polar surface area (TPSA) is 28.2 Å². The van der Waals surface area contributed by atoms with Gasteiger partial charge in [-0.05, 0) is 30.9 Å². The van der Waals surface area contributed by atoms with Gasteiger partial charge in [0.25, 0.3) is 0 Å². The highest BCUT2D eigenvalue weighted by atomic mass is 15.2. The van der Waals surface area contributed by atoms with Crippen LogP contribution in [0.1, 0.15) is 52.0 Å². The minimum absolute atomic E-state index is 0.577. The van der Waals surface area contributed by atoms with E-state index in [2.05, 4.69) is 42.0 Å². The third-order valence-corrected chi connectivity index (χ3v) is 5.06. The van der Waals surface area contributed by atoms with Crippen LogP contribution in [0, 0.1) is 5.41 Å². The zero-order chi connectivity index (χ0) is 14.4. The van der Waals surface area contributed by atoms with Gasteiger partial charge in [-0.3, -0.25) is 0 Å². The normalized spacial score (nSPS) is 18.2. The molecule has 2 rings (SSSR count). The summed E-state index contributed by atoms with van der Waals surface area (Å²) in [6.07, 6.45) is 7.15. The van der Waals surface area contributed by atoms with Gasteiger partial charge in [-0.1, -0.05) is 39.7 Å². The Balaban J connectivity index is 2.06. The lowest BCUT2D eigenvalue weighted by Gasteiger charge is -2.42. The summed E-state index contributed by atoms with van der Waals surface area (Å²) in [5, 5.41) is 3.42. The van der Waals surface area contributed by atoms with Crippen LogP contribution in [0.4, 0.5) is 5.82 Å². The summed E-state index contributed by atoms with van der Waals surface area (Å²) in [6.45, 7) is 11.1. The van der Waals surface area contributed by atoms with Crippen molar-refractivity contribution in [2.24, 2.45) is 5.41 Å². The number of nitrogens with zero attached hydrogens (tertiary/aromatic N) is 2. The summed E-state index contributed by atoms with van der Waals surface area (Å²) >= 11 is 0. The van der Waals surface area contributed by atoms with Crippen molar-refractivity contribution in [3.05, 3.63) is 23.9 Å². The molecule has 3 heteroatoms. The lowest BCUT2D eigenvalue weighted by atomic mass is 9.74. The Morgan fingerprint density at radius 2 is 1.90 bits per heavy atom. The second kappa shape index (κ2) is 7.07. The predicted octanol–water partition coefficient (Wildman–Crippen LogP) is 3.60. The summed E-state index contributed by atoms with van der Waals surface area (Å²) in [6, 6.07) is 4.25. The van der Waals surface area contributed by atoms with E-state index in [4.69, 9.17) is 0 Å². The first-order valence-corrected chi connectivity index (χ1v) is 8.14. The Kier molecular flexibility index (Phi) is 5.41. The van der Waals surface area contributed by atoms with E-state index in [9.17, 15) is 0 Å². The molecule has 0 aliphatic carbocycles. The Bertz CT molecular complexity index is 402. The lowest BCUT2D eigenvalue weighted by molar-refractivity contribution is 0.199. The first kappa shape index (κ1) is 15.3. The second-order valence-corrected chi connectivity index (χ2v) is 5.96. The van der Waals surface area contributed by atoms with Crippen LogP contribution in [0.3, 0.4) is 0 Å². The molecule has 0 amide bonds. The van der Waals surface area contributed by atoms with Crippen LogP contribution in [0.5, 0.6) is 0 Å². The van der Waals surface area contributed by atoms with Gasteiger partial charge in [0.05, 0.1) is 0 Å². The van der Waals surface area contributed by atoms with Gasteiger partial charge in [-0.25, -0.2) is 4.98 Å². The average molecular weight is 275 g/mol. The molecule has 1 N–H and O–H groups in total. The molecule has 0 spiro atoms. The number of piperidine rings is 1. The molecular formula is C17H29N3. The number of nitrogens with one attached hydrogen (secondary N) is 1. The third kappa shape index (κ3) is 3.32. The number of hydrogen-bond acceptors (Lipinski definition) is 3. The Morgan fingerprint density at radius 1 is 1.20 bits per heavy atom. The zero-order valence-corrected chi connectivity index (χ0v) is 13.3. The van der Waals surface area contributed by atoms with Crippen LogP contribution < -0.4 is 10.2 Å². The monoisotopic (exact) mass is 275 g/mol. The lowest BCUT2D eigenvalue weighted by Crippen LogP contribution is -2.40. The number of pyridine rings is 1. The SMILES string of the molecule is CCNCc1cccnc1N1CCC(CC)(CC)CC1. The minimum atomic E-state index is 0.577. The number of rotatable bonds is 6. The van der Waals surface area contributed by atoms with Crippen molar-refractivity contribution >= 4 is 5.82 Å². The van der Waals surface area contributed by atoms with Crippen LogP contribution in [-0.2, 0) is 6.54 Å². The van der Waals surface area contributed by atoms with E-state index in [1.807, 2.05) is 12.3 Å². The molecule has 1 aromatic heterocycles. The largest absolute Gasteiger partial charge is 0.356 e. The molecule has 1 aliphatic heterocycles. The Hall–Kier alpha value is -1.09. The van der Waals surface area contributed by atoms with Gasteiger partial charge in [0.15, 0.2) is 0 Å². The van der Waals surface area contributed by atoms with E-state index in [1.54, 1.807) is 0 Å². The summed E-state index contributed by atoms with van der Waals surface area (Å²) in [7, 11) is 0. The summed E-state index contributed by atoms with van der Waals surface area (Å²) in [5.74, 6) is 1.19. The molecule has 0 saturated carbocycles. The van der Waals surface area contributed by atoms with Gasteiger partial charge in [0.1, 0.15) is 5.82 Å². The van der Waals surface area contributed by atoms with E-state index in [1.165, 1.54) is 37.1 Å². The van der Waals surface area contributed by atoms with Gasteiger partial charge in [0, 0.05) is 31.4 Å². The summed E-state index contributed by atoms with van der Waals surface area (Å²) < 4.78 is 0. The average Bonchev–Trinajstić information content (AvgIpc) is 2.53. The molecule has 1 saturated heterocycles. The summed E-state index contributed by atoms with van der Waals surface area (Å²) in [5.41, 5.74) is 1.91. The number of aromatic nitrogens is 1. The van der Waals surface area contributed by atoms with Crippen LogP contribution in [0.15, 0.2) is 18.3 Å². The predicted molar refractivity (Wildman–Crippen MR) is 86.1 cm³/mol. The maximum absolute atomic E-state index is 4.64. The van der Waals surface area contributed by atoms with Crippen molar-refractivity contribution in [3.8, 4) is 0 Å². The maximum atomic E-state index is 4.64. The maximum Gasteiger partial charge on any atom is 0.133 e. The fourth-order valence-corrected chi connectivity index (χ4v) is 3.26. The van der Waals surface area contributed by atoms with Gasteiger partial charge in [0.2, 0.25) is 0 Å². The van der Waals surface area contributed by atoms with Crippen molar-refractivity contribution < 1.29 is 0 Å². The van der Waals surface area contributed by atoms with Crippen molar-refractivity contribution in [2.75, 3.05) is 24.5 Å². The highest BCUT2D eigenvalue weighted by Crippen LogP contribution is 2.39. The first-order chi connectivity index (χ1) is 9.74.